The summed E-state index contributed by atoms with van der Waals surface area (Å²) in [5.41, 5.74) is 2.08. The highest BCUT2D eigenvalue weighted by molar-refractivity contribution is 6.04. The number of amidine groups is 1. The normalized spacial score (nSPS) is 13.2. The van der Waals surface area contributed by atoms with Crippen LogP contribution in [0.2, 0.25) is 0 Å². The fraction of sp³-hybridized carbons (Fsp3) is 0.333. The molecule has 2 aromatic rings. The lowest BCUT2D eigenvalue weighted by Gasteiger charge is -2.25. The average Bonchev–Trinajstić information content (AvgIpc) is 3.23. The molecule has 0 aromatic carbocycles. The first kappa shape index (κ1) is 22.8. The van der Waals surface area contributed by atoms with E-state index in [1.807, 2.05) is 0 Å². The SMILES string of the molecule is CCOC(=O)N1Cc2cnc(C(=O)Nc3cccc(C(=N)N(C=N)C(C)CO)n3)cc2C1. The molecular formula is C21H25N7O4. The molecule has 32 heavy (non-hydrogen) atoms. The molecule has 3 rings (SSSR count). The Bertz CT molecular complexity index is 1040. The first-order chi connectivity index (χ1) is 15.4. The van der Waals surface area contributed by atoms with E-state index < -0.39 is 18.0 Å². The molecule has 0 fully saturated rings. The fourth-order valence-electron chi connectivity index (χ4n) is 3.20. The van der Waals surface area contributed by atoms with Gasteiger partial charge in [-0.3, -0.25) is 25.5 Å². The summed E-state index contributed by atoms with van der Waals surface area (Å²) in [6.45, 7) is 4.19. The molecule has 0 spiro atoms. The third-order valence-corrected chi connectivity index (χ3v) is 4.93. The lowest BCUT2D eigenvalue weighted by atomic mass is 10.1. The summed E-state index contributed by atoms with van der Waals surface area (Å²) in [5, 5.41) is 27.7. The van der Waals surface area contributed by atoms with E-state index in [9.17, 15) is 14.7 Å². The zero-order chi connectivity index (χ0) is 23.3. The second-order valence-electron chi connectivity index (χ2n) is 7.17. The van der Waals surface area contributed by atoms with Crippen LogP contribution in [-0.2, 0) is 17.8 Å². The lowest BCUT2D eigenvalue weighted by Crippen LogP contribution is -2.39. The van der Waals surface area contributed by atoms with Crippen molar-refractivity contribution in [3.8, 4) is 0 Å². The van der Waals surface area contributed by atoms with Crippen LogP contribution in [-0.4, -0.2) is 68.3 Å². The smallest absolute Gasteiger partial charge is 0.410 e. The van der Waals surface area contributed by atoms with Gasteiger partial charge in [0.15, 0.2) is 5.84 Å². The molecule has 0 bridgehead atoms. The largest absolute Gasteiger partial charge is 0.450 e. The maximum atomic E-state index is 12.7. The molecule has 0 aliphatic carbocycles. The summed E-state index contributed by atoms with van der Waals surface area (Å²) in [4.78, 5) is 35.9. The molecule has 4 N–H and O–H groups in total. The van der Waals surface area contributed by atoms with Crippen LogP contribution in [0, 0.1) is 10.8 Å². The topological polar surface area (TPSA) is 156 Å². The van der Waals surface area contributed by atoms with Crippen LogP contribution in [0.25, 0.3) is 0 Å². The second-order valence-corrected chi connectivity index (χ2v) is 7.17. The van der Waals surface area contributed by atoms with Gasteiger partial charge in [0.2, 0.25) is 0 Å². The van der Waals surface area contributed by atoms with Crippen molar-refractivity contribution in [3.63, 3.8) is 0 Å². The van der Waals surface area contributed by atoms with Gasteiger partial charge in [-0.15, -0.1) is 0 Å². The van der Waals surface area contributed by atoms with Crippen molar-refractivity contribution >= 4 is 30.0 Å². The predicted octanol–water partition coefficient (Wildman–Crippen LogP) is 1.82. The molecule has 0 saturated heterocycles. The molecule has 2 amide bonds. The van der Waals surface area contributed by atoms with E-state index in [1.165, 1.54) is 9.80 Å². The van der Waals surface area contributed by atoms with Gasteiger partial charge in [0, 0.05) is 12.7 Å². The van der Waals surface area contributed by atoms with Gasteiger partial charge in [-0.2, -0.15) is 0 Å². The van der Waals surface area contributed by atoms with E-state index in [0.717, 1.165) is 17.5 Å². The highest BCUT2D eigenvalue weighted by Gasteiger charge is 2.26. The Morgan fingerprint density at radius 2 is 2.09 bits per heavy atom. The van der Waals surface area contributed by atoms with Crippen LogP contribution >= 0.6 is 0 Å². The number of ether oxygens (including phenoxy) is 1. The maximum Gasteiger partial charge on any atom is 0.410 e. The molecule has 11 heteroatoms. The summed E-state index contributed by atoms with van der Waals surface area (Å²) in [6.07, 6.45) is 2.11. The summed E-state index contributed by atoms with van der Waals surface area (Å²) < 4.78 is 5.02. The number of hydrogen-bond acceptors (Lipinski definition) is 8. The lowest BCUT2D eigenvalue weighted by molar-refractivity contribution is 0.102. The Morgan fingerprint density at radius 1 is 1.34 bits per heavy atom. The monoisotopic (exact) mass is 439 g/mol. The number of amides is 2. The number of anilines is 1. The number of aliphatic hydroxyl groups excluding tert-OH is 1. The zero-order valence-corrected chi connectivity index (χ0v) is 17.8. The number of rotatable bonds is 7. The number of fused-ring (bicyclic) bond motifs is 1. The van der Waals surface area contributed by atoms with E-state index >= 15 is 0 Å². The minimum absolute atomic E-state index is 0.0765. The molecule has 2 aromatic heterocycles. The number of aliphatic hydroxyl groups is 1. The van der Waals surface area contributed by atoms with Crippen LogP contribution < -0.4 is 5.32 Å². The number of nitrogens with one attached hydrogen (secondary N) is 3. The molecule has 1 unspecified atom stereocenters. The van der Waals surface area contributed by atoms with Crippen LogP contribution in [0.5, 0.6) is 0 Å². The summed E-state index contributed by atoms with van der Waals surface area (Å²) in [5.74, 6) is -0.340. The van der Waals surface area contributed by atoms with Crippen molar-refractivity contribution in [1.82, 2.24) is 19.8 Å². The summed E-state index contributed by atoms with van der Waals surface area (Å²) in [7, 11) is 0. The first-order valence-corrected chi connectivity index (χ1v) is 10.0. The van der Waals surface area contributed by atoms with E-state index in [4.69, 9.17) is 15.6 Å². The van der Waals surface area contributed by atoms with Gasteiger partial charge in [0.1, 0.15) is 17.2 Å². The van der Waals surface area contributed by atoms with E-state index in [-0.39, 0.29) is 36.3 Å². The van der Waals surface area contributed by atoms with Crippen molar-refractivity contribution in [2.75, 3.05) is 18.5 Å². The van der Waals surface area contributed by atoms with Gasteiger partial charge >= 0.3 is 6.09 Å². The van der Waals surface area contributed by atoms with E-state index in [1.54, 1.807) is 44.3 Å². The Morgan fingerprint density at radius 3 is 2.78 bits per heavy atom. The van der Waals surface area contributed by atoms with Gasteiger partial charge in [0.05, 0.1) is 32.1 Å². The number of carbonyl (C=O) groups is 2. The van der Waals surface area contributed by atoms with Crippen LogP contribution in [0.15, 0.2) is 30.5 Å². The van der Waals surface area contributed by atoms with Crippen molar-refractivity contribution in [3.05, 3.63) is 53.0 Å². The maximum absolute atomic E-state index is 12.7. The predicted molar refractivity (Wildman–Crippen MR) is 117 cm³/mol. The average molecular weight is 439 g/mol. The van der Waals surface area contributed by atoms with Crippen LogP contribution in [0.4, 0.5) is 10.6 Å². The Labute approximate surface area is 185 Å². The number of aromatic nitrogens is 2. The van der Waals surface area contributed by atoms with Gasteiger partial charge in [0.25, 0.3) is 5.91 Å². The molecule has 0 radical (unpaired) electrons. The molecule has 1 aliphatic heterocycles. The Hall–Kier alpha value is -3.86. The number of carbonyl (C=O) groups excluding carboxylic acids is 2. The molecular weight excluding hydrogens is 414 g/mol. The standard InChI is InChI=1S/C21H25N7O4/c1-3-32-21(31)27-9-14-7-17(24-8-15(14)10-27)20(30)26-18-6-4-5-16(25-18)19(23)28(12-22)13(2)11-29/h4-8,12-13,22-23,29H,3,9-11H2,1-2H3,(H,25,26,30). The van der Waals surface area contributed by atoms with Crippen molar-refractivity contribution < 1.29 is 19.4 Å². The molecule has 0 saturated carbocycles. The van der Waals surface area contributed by atoms with E-state index in [2.05, 4.69) is 15.3 Å². The van der Waals surface area contributed by atoms with Crippen molar-refractivity contribution in [2.45, 2.75) is 33.0 Å². The van der Waals surface area contributed by atoms with E-state index in [0.29, 0.717) is 13.1 Å². The minimum atomic E-state index is -0.480. The van der Waals surface area contributed by atoms with Crippen LogP contribution in [0.1, 0.15) is 41.2 Å². The summed E-state index contributed by atoms with van der Waals surface area (Å²) in [6, 6.07) is 5.95. The highest BCUT2D eigenvalue weighted by atomic mass is 16.6. The quantitative estimate of drug-likeness (QED) is 0.379. The molecule has 11 nitrogen and oxygen atoms in total. The number of hydrogen-bond donors (Lipinski definition) is 4. The number of nitrogens with zero attached hydrogens (tertiary/aromatic N) is 4. The van der Waals surface area contributed by atoms with Gasteiger partial charge in [-0.25, -0.2) is 9.78 Å². The van der Waals surface area contributed by atoms with Crippen LogP contribution in [0.3, 0.4) is 0 Å². The summed E-state index contributed by atoms with van der Waals surface area (Å²) >= 11 is 0. The zero-order valence-electron chi connectivity index (χ0n) is 17.8. The third-order valence-electron chi connectivity index (χ3n) is 4.93. The number of pyridine rings is 2. The Kier molecular flexibility index (Phi) is 7.11. The second kappa shape index (κ2) is 9.96. The van der Waals surface area contributed by atoms with Gasteiger partial charge < -0.3 is 20.1 Å². The molecule has 1 aliphatic rings. The Balaban J connectivity index is 1.72. The fourth-order valence-corrected chi connectivity index (χ4v) is 3.20. The molecule has 3 heterocycles. The van der Waals surface area contributed by atoms with Gasteiger partial charge in [-0.1, -0.05) is 6.07 Å². The highest BCUT2D eigenvalue weighted by Crippen LogP contribution is 2.23. The molecule has 168 valence electrons. The van der Waals surface area contributed by atoms with Gasteiger partial charge in [-0.05, 0) is 43.2 Å². The van der Waals surface area contributed by atoms with Crippen molar-refractivity contribution in [1.29, 1.82) is 10.8 Å². The minimum Gasteiger partial charge on any atom is -0.450 e. The van der Waals surface area contributed by atoms with Crippen molar-refractivity contribution in [2.24, 2.45) is 0 Å². The molecule has 1 atom stereocenters. The first-order valence-electron chi connectivity index (χ1n) is 10.0. The third kappa shape index (κ3) is 4.89.